The Morgan fingerprint density at radius 1 is 1.45 bits per heavy atom. The molecule has 0 radical (unpaired) electrons. The van der Waals surface area contributed by atoms with Crippen molar-refractivity contribution in [2.24, 2.45) is 11.8 Å². The third kappa shape index (κ3) is 3.07. The maximum atomic E-state index is 4.76. The van der Waals surface area contributed by atoms with Crippen LogP contribution in [0, 0.1) is 11.8 Å². The lowest BCUT2D eigenvalue weighted by Crippen LogP contribution is -2.41. The molecule has 3 nitrogen and oxygen atoms in total. The van der Waals surface area contributed by atoms with Crippen molar-refractivity contribution < 1.29 is 0 Å². The van der Waals surface area contributed by atoms with Gasteiger partial charge in [-0.15, -0.1) is 11.3 Å². The second-order valence-corrected chi connectivity index (χ2v) is 7.14. The first kappa shape index (κ1) is 14.1. The highest BCUT2D eigenvalue weighted by Gasteiger charge is 2.28. The summed E-state index contributed by atoms with van der Waals surface area (Å²) in [5.41, 5.74) is 1.26. The molecule has 0 saturated heterocycles. The fraction of sp³-hybridized carbons (Fsp3) is 0.688. The van der Waals surface area contributed by atoms with Gasteiger partial charge < -0.3 is 5.32 Å². The summed E-state index contributed by atoms with van der Waals surface area (Å²) in [5, 5.41) is 5.86. The quantitative estimate of drug-likeness (QED) is 0.909. The monoisotopic (exact) mass is 291 g/mol. The van der Waals surface area contributed by atoms with E-state index in [1.54, 1.807) is 11.3 Å². The molecule has 1 N–H and O–H groups in total. The van der Waals surface area contributed by atoms with Gasteiger partial charge in [0.05, 0.1) is 5.69 Å². The second kappa shape index (κ2) is 6.27. The van der Waals surface area contributed by atoms with Gasteiger partial charge in [0.2, 0.25) is 0 Å². The zero-order valence-electron chi connectivity index (χ0n) is 12.5. The summed E-state index contributed by atoms with van der Waals surface area (Å²) >= 11 is 1.72. The van der Waals surface area contributed by atoms with E-state index in [4.69, 9.17) is 4.98 Å². The van der Waals surface area contributed by atoms with E-state index in [0.717, 1.165) is 29.8 Å². The zero-order valence-corrected chi connectivity index (χ0v) is 13.3. The molecule has 2 aromatic heterocycles. The summed E-state index contributed by atoms with van der Waals surface area (Å²) in [5.74, 6) is 1.61. The summed E-state index contributed by atoms with van der Waals surface area (Å²) in [6, 6.07) is 0.686. The average Bonchev–Trinajstić information content (AvgIpc) is 2.99. The number of hydrogen-bond donors (Lipinski definition) is 1. The summed E-state index contributed by atoms with van der Waals surface area (Å²) in [6.45, 7) is 5.79. The number of fused-ring (bicyclic) bond motifs is 1. The molecule has 0 aliphatic heterocycles. The van der Waals surface area contributed by atoms with Crippen LogP contribution in [-0.4, -0.2) is 22.0 Å². The fourth-order valence-corrected chi connectivity index (χ4v) is 4.18. The van der Waals surface area contributed by atoms with E-state index < -0.39 is 0 Å². The second-order valence-electron chi connectivity index (χ2n) is 6.27. The largest absolute Gasteiger partial charge is 0.314 e. The maximum Gasteiger partial charge on any atom is 0.193 e. The molecule has 1 fully saturated rings. The van der Waals surface area contributed by atoms with Gasteiger partial charge in [0, 0.05) is 23.8 Å². The van der Waals surface area contributed by atoms with Crippen molar-refractivity contribution in [3.63, 3.8) is 0 Å². The van der Waals surface area contributed by atoms with Gasteiger partial charge in [-0.25, -0.2) is 4.98 Å². The van der Waals surface area contributed by atoms with Gasteiger partial charge in [0.15, 0.2) is 4.96 Å². The molecule has 0 spiro atoms. The van der Waals surface area contributed by atoms with Gasteiger partial charge in [0.25, 0.3) is 0 Å². The number of rotatable bonds is 5. The van der Waals surface area contributed by atoms with Crippen molar-refractivity contribution in [3.05, 3.63) is 23.5 Å². The lowest BCUT2D eigenvalue weighted by Gasteiger charge is -2.35. The Morgan fingerprint density at radius 2 is 2.35 bits per heavy atom. The predicted octanol–water partition coefficient (Wildman–Crippen LogP) is 3.74. The summed E-state index contributed by atoms with van der Waals surface area (Å²) in [7, 11) is 0. The van der Waals surface area contributed by atoms with Crippen molar-refractivity contribution in [2.75, 3.05) is 6.54 Å². The Balaban J connectivity index is 1.69. The van der Waals surface area contributed by atoms with Crippen LogP contribution in [0.4, 0.5) is 0 Å². The number of thiazole rings is 1. The molecule has 1 aliphatic carbocycles. The smallest absolute Gasteiger partial charge is 0.193 e. The molecule has 20 heavy (non-hydrogen) atoms. The van der Waals surface area contributed by atoms with Gasteiger partial charge in [-0.3, -0.25) is 4.40 Å². The number of hydrogen-bond acceptors (Lipinski definition) is 3. The topological polar surface area (TPSA) is 29.3 Å². The van der Waals surface area contributed by atoms with E-state index >= 15 is 0 Å². The van der Waals surface area contributed by atoms with E-state index in [9.17, 15) is 0 Å². The highest BCUT2D eigenvalue weighted by atomic mass is 32.1. The van der Waals surface area contributed by atoms with Crippen molar-refractivity contribution in [1.29, 1.82) is 0 Å². The third-order valence-electron chi connectivity index (χ3n) is 4.52. The number of imidazole rings is 1. The zero-order chi connectivity index (χ0) is 13.9. The van der Waals surface area contributed by atoms with Gasteiger partial charge in [0.1, 0.15) is 0 Å². The molecule has 3 unspecified atom stereocenters. The van der Waals surface area contributed by atoms with Crippen molar-refractivity contribution in [1.82, 2.24) is 14.7 Å². The molecule has 1 saturated carbocycles. The fourth-order valence-electron chi connectivity index (χ4n) is 3.47. The molecule has 2 heterocycles. The van der Waals surface area contributed by atoms with Crippen molar-refractivity contribution >= 4 is 16.3 Å². The highest BCUT2D eigenvalue weighted by molar-refractivity contribution is 7.15. The van der Waals surface area contributed by atoms with Crippen LogP contribution in [0.1, 0.15) is 45.2 Å². The van der Waals surface area contributed by atoms with Crippen molar-refractivity contribution in [3.8, 4) is 0 Å². The first-order chi connectivity index (χ1) is 9.76. The van der Waals surface area contributed by atoms with E-state index in [1.807, 2.05) is 0 Å². The minimum Gasteiger partial charge on any atom is -0.314 e. The van der Waals surface area contributed by atoms with E-state index in [1.165, 1.54) is 31.4 Å². The van der Waals surface area contributed by atoms with Crippen LogP contribution in [0.5, 0.6) is 0 Å². The SMILES string of the molecule is CCCNC1CCC(C)CC1Cc1cn2ccsc2n1. The Labute approximate surface area is 125 Å². The van der Waals surface area contributed by atoms with Crippen LogP contribution < -0.4 is 5.32 Å². The molecule has 2 aromatic rings. The average molecular weight is 291 g/mol. The Morgan fingerprint density at radius 3 is 3.15 bits per heavy atom. The lowest BCUT2D eigenvalue weighted by molar-refractivity contribution is 0.211. The first-order valence-electron chi connectivity index (χ1n) is 7.90. The first-order valence-corrected chi connectivity index (χ1v) is 8.78. The van der Waals surface area contributed by atoms with E-state index in [2.05, 4.69) is 41.3 Å². The van der Waals surface area contributed by atoms with Crippen LogP contribution in [-0.2, 0) is 6.42 Å². The molecular weight excluding hydrogens is 266 g/mol. The molecule has 0 aromatic carbocycles. The Kier molecular flexibility index (Phi) is 4.41. The molecule has 3 rings (SSSR count). The standard InChI is InChI=1S/C16H25N3S/c1-3-6-17-15-5-4-12(2)9-13(15)10-14-11-19-7-8-20-16(19)18-14/h7-8,11-13,15,17H,3-6,9-10H2,1-2H3. The lowest BCUT2D eigenvalue weighted by atomic mass is 9.76. The third-order valence-corrected chi connectivity index (χ3v) is 5.29. The molecule has 110 valence electrons. The number of aromatic nitrogens is 2. The Bertz CT molecular complexity index is 514. The number of nitrogens with one attached hydrogen (secondary N) is 1. The van der Waals surface area contributed by atoms with Gasteiger partial charge in [-0.05, 0) is 50.5 Å². The van der Waals surface area contributed by atoms with Crippen LogP contribution in [0.2, 0.25) is 0 Å². The molecule has 1 aliphatic rings. The molecule has 0 bridgehead atoms. The molecular formula is C16H25N3S. The molecule has 3 atom stereocenters. The van der Waals surface area contributed by atoms with Crippen LogP contribution in [0.3, 0.4) is 0 Å². The molecule has 4 heteroatoms. The minimum atomic E-state index is 0.686. The summed E-state index contributed by atoms with van der Waals surface area (Å²) < 4.78 is 2.15. The summed E-state index contributed by atoms with van der Waals surface area (Å²) in [4.78, 5) is 5.89. The van der Waals surface area contributed by atoms with Gasteiger partial charge in [-0.1, -0.05) is 13.8 Å². The van der Waals surface area contributed by atoms with E-state index in [0.29, 0.717) is 6.04 Å². The van der Waals surface area contributed by atoms with Crippen LogP contribution in [0.15, 0.2) is 17.8 Å². The Hall–Kier alpha value is -0.870. The maximum absolute atomic E-state index is 4.76. The molecule has 0 amide bonds. The predicted molar refractivity (Wildman–Crippen MR) is 85.4 cm³/mol. The van der Waals surface area contributed by atoms with E-state index in [-0.39, 0.29) is 0 Å². The van der Waals surface area contributed by atoms with Gasteiger partial charge >= 0.3 is 0 Å². The van der Waals surface area contributed by atoms with Crippen LogP contribution in [0.25, 0.3) is 4.96 Å². The van der Waals surface area contributed by atoms with Crippen LogP contribution >= 0.6 is 11.3 Å². The van der Waals surface area contributed by atoms with Crippen molar-refractivity contribution in [2.45, 2.75) is 52.0 Å². The highest BCUT2D eigenvalue weighted by Crippen LogP contribution is 2.31. The normalized spacial score (nSPS) is 27.2. The minimum absolute atomic E-state index is 0.686. The summed E-state index contributed by atoms with van der Waals surface area (Å²) in [6.07, 6.45) is 10.7. The number of nitrogens with zero attached hydrogens (tertiary/aromatic N) is 2. The van der Waals surface area contributed by atoms with Gasteiger partial charge in [-0.2, -0.15) is 0 Å².